The van der Waals surface area contributed by atoms with E-state index in [2.05, 4.69) is 0 Å². The highest BCUT2D eigenvalue weighted by Gasteiger charge is 2.24. The summed E-state index contributed by atoms with van der Waals surface area (Å²) in [6.07, 6.45) is 7.27. The molecule has 0 N–H and O–H groups in total. The standard InChI is InChI=1S/C17H22ClN2O3P/c1-24(2,22)23-16-12-19(14-6-4-3-5-7-14)20(17(16)21)15-10-8-13(18)9-11-15/h8-12,14H,3-7H2,1-2H3. The molecule has 2 aromatic rings. The van der Waals surface area contributed by atoms with Gasteiger partial charge in [0.2, 0.25) is 13.1 Å². The zero-order chi connectivity index (χ0) is 17.3. The van der Waals surface area contributed by atoms with Crippen molar-refractivity contribution in [1.29, 1.82) is 0 Å². The Bertz CT molecular complexity index is 813. The van der Waals surface area contributed by atoms with Crippen LogP contribution in [-0.4, -0.2) is 22.7 Å². The lowest BCUT2D eigenvalue weighted by Crippen LogP contribution is -2.25. The molecular weight excluding hydrogens is 347 g/mol. The summed E-state index contributed by atoms with van der Waals surface area (Å²) in [7, 11) is -2.81. The molecule has 7 heteroatoms. The number of rotatable bonds is 4. The first kappa shape index (κ1) is 17.4. The van der Waals surface area contributed by atoms with E-state index in [1.54, 1.807) is 23.0 Å². The molecule has 0 unspecified atom stereocenters. The van der Waals surface area contributed by atoms with Crippen LogP contribution in [-0.2, 0) is 4.57 Å². The Morgan fingerprint density at radius 1 is 1.12 bits per heavy atom. The van der Waals surface area contributed by atoms with Crippen LogP contribution in [0.2, 0.25) is 5.02 Å². The second-order valence-electron chi connectivity index (χ2n) is 6.60. The molecule has 0 bridgehead atoms. The van der Waals surface area contributed by atoms with Gasteiger partial charge in [0.25, 0.3) is 0 Å². The molecule has 0 amide bonds. The Balaban J connectivity index is 2.11. The highest BCUT2D eigenvalue weighted by molar-refractivity contribution is 7.57. The molecule has 0 spiro atoms. The summed E-state index contributed by atoms with van der Waals surface area (Å²) in [5.41, 5.74) is 0.443. The van der Waals surface area contributed by atoms with Crippen molar-refractivity contribution in [3.8, 4) is 11.4 Å². The third-order valence-corrected chi connectivity index (χ3v) is 5.11. The molecule has 1 aliphatic carbocycles. The average Bonchev–Trinajstić information content (AvgIpc) is 2.84. The quantitative estimate of drug-likeness (QED) is 0.734. The molecule has 1 aromatic heterocycles. The molecule has 0 atom stereocenters. The first-order chi connectivity index (χ1) is 11.3. The average molecular weight is 369 g/mol. The van der Waals surface area contributed by atoms with Gasteiger partial charge in [0, 0.05) is 18.4 Å². The Labute approximate surface area is 146 Å². The normalized spacial score (nSPS) is 16.3. The van der Waals surface area contributed by atoms with Gasteiger partial charge in [-0.15, -0.1) is 0 Å². The largest absolute Gasteiger partial charge is 0.436 e. The van der Waals surface area contributed by atoms with E-state index in [0.29, 0.717) is 5.02 Å². The van der Waals surface area contributed by atoms with Gasteiger partial charge in [-0.05, 0) is 37.1 Å². The van der Waals surface area contributed by atoms with E-state index in [-0.39, 0.29) is 17.4 Å². The van der Waals surface area contributed by atoms with Crippen LogP contribution in [0.25, 0.3) is 5.69 Å². The molecule has 24 heavy (non-hydrogen) atoms. The monoisotopic (exact) mass is 368 g/mol. The lowest BCUT2D eigenvalue weighted by Gasteiger charge is -2.25. The molecular formula is C17H22ClN2O3P. The highest BCUT2D eigenvalue weighted by Crippen LogP contribution is 2.38. The third-order valence-electron chi connectivity index (χ3n) is 4.22. The molecule has 1 aromatic carbocycles. The lowest BCUT2D eigenvalue weighted by atomic mass is 9.96. The minimum Gasteiger partial charge on any atom is -0.436 e. The molecule has 1 heterocycles. The number of hydrogen-bond donors (Lipinski definition) is 0. The van der Waals surface area contributed by atoms with Crippen LogP contribution in [0.5, 0.6) is 5.75 Å². The van der Waals surface area contributed by atoms with Crippen molar-refractivity contribution in [1.82, 2.24) is 9.36 Å². The summed E-state index contributed by atoms with van der Waals surface area (Å²) < 4.78 is 21.0. The van der Waals surface area contributed by atoms with E-state index in [4.69, 9.17) is 16.1 Å². The fourth-order valence-electron chi connectivity index (χ4n) is 3.19. The van der Waals surface area contributed by atoms with Crippen molar-refractivity contribution in [2.75, 3.05) is 13.3 Å². The summed E-state index contributed by atoms with van der Waals surface area (Å²) in [4.78, 5) is 12.9. The molecule has 1 fully saturated rings. The van der Waals surface area contributed by atoms with Gasteiger partial charge in [0.15, 0.2) is 0 Å². The molecule has 5 nitrogen and oxygen atoms in total. The first-order valence-electron chi connectivity index (χ1n) is 8.20. The molecule has 0 radical (unpaired) electrons. The van der Waals surface area contributed by atoms with Gasteiger partial charge in [0.1, 0.15) is 0 Å². The SMILES string of the molecule is CP(C)(=O)Oc1cn(C2CCCCC2)n(-c2ccc(Cl)cc2)c1=O. The predicted octanol–water partition coefficient (Wildman–Crippen LogP) is 4.71. The Hall–Kier alpha value is -1.45. The van der Waals surface area contributed by atoms with Crippen molar-refractivity contribution in [2.24, 2.45) is 0 Å². The van der Waals surface area contributed by atoms with Crippen molar-refractivity contribution in [2.45, 2.75) is 38.1 Å². The van der Waals surface area contributed by atoms with Gasteiger partial charge in [0.05, 0.1) is 17.9 Å². The number of hydrogen-bond acceptors (Lipinski definition) is 3. The van der Waals surface area contributed by atoms with Gasteiger partial charge >= 0.3 is 5.56 Å². The fraction of sp³-hybridized carbons (Fsp3) is 0.471. The van der Waals surface area contributed by atoms with Crippen molar-refractivity contribution in [3.63, 3.8) is 0 Å². The number of benzene rings is 1. The van der Waals surface area contributed by atoms with E-state index in [1.165, 1.54) is 19.8 Å². The van der Waals surface area contributed by atoms with E-state index in [1.807, 2.05) is 16.8 Å². The fourth-order valence-corrected chi connectivity index (χ4v) is 3.91. The highest BCUT2D eigenvalue weighted by atomic mass is 35.5. The minimum atomic E-state index is -2.81. The van der Waals surface area contributed by atoms with Crippen LogP contribution >= 0.6 is 19.0 Å². The topological polar surface area (TPSA) is 53.2 Å². The molecule has 130 valence electrons. The van der Waals surface area contributed by atoms with Gasteiger partial charge < -0.3 is 4.52 Å². The zero-order valence-corrected chi connectivity index (χ0v) is 15.6. The molecule has 3 rings (SSSR count). The predicted molar refractivity (Wildman–Crippen MR) is 97.2 cm³/mol. The Morgan fingerprint density at radius 2 is 1.75 bits per heavy atom. The van der Waals surface area contributed by atoms with E-state index < -0.39 is 7.37 Å². The summed E-state index contributed by atoms with van der Waals surface area (Å²) in [6.45, 7) is 3.02. The molecule has 0 aliphatic heterocycles. The van der Waals surface area contributed by atoms with Crippen molar-refractivity contribution < 1.29 is 9.09 Å². The second-order valence-corrected chi connectivity index (χ2v) is 9.73. The Morgan fingerprint density at radius 3 is 2.33 bits per heavy atom. The lowest BCUT2D eigenvalue weighted by molar-refractivity contribution is 0.311. The smallest absolute Gasteiger partial charge is 0.314 e. The van der Waals surface area contributed by atoms with Crippen LogP contribution in [0, 0.1) is 0 Å². The van der Waals surface area contributed by atoms with Crippen LogP contribution in [0.4, 0.5) is 0 Å². The van der Waals surface area contributed by atoms with Gasteiger partial charge in [-0.2, -0.15) is 0 Å². The van der Waals surface area contributed by atoms with Crippen LogP contribution < -0.4 is 10.1 Å². The molecule has 1 saturated carbocycles. The first-order valence-corrected chi connectivity index (χ1v) is 11.1. The van der Waals surface area contributed by atoms with E-state index in [9.17, 15) is 9.36 Å². The maximum atomic E-state index is 12.9. The summed E-state index contributed by atoms with van der Waals surface area (Å²) >= 11 is 5.96. The summed E-state index contributed by atoms with van der Waals surface area (Å²) in [5.74, 6) is 0.142. The van der Waals surface area contributed by atoms with E-state index >= 15 is 0 Å². The summed E-state index contributed by atoms with van der Waals surface area (Å²) in [5, 5.41) is 0.616. The minimum absolute atomic E-state index is 0.142. The number of nitrogens with zero attached hydrogens (tertiary/aromatic N) is 2. The molecule has 1 aliphatic rings. The second kappa shape index (κ2) is 6.81. The van der Waals surface area contributed by atoms with Crippen LogP contribution in [0.15, 0.2) is 35.3 Å². The van der Waals surface area contributed by atoms with Gasteiger partial charge in [-0.3, -0.25) is 14.0 Å². The third kappa shape index (κ3) is 3.79. The maximum Gasteiger partial charge on any atom is 0.314 e. The molecule has 0 saturated heterocycles. The van der Waals surface area contributed by atoms with Crippen LogP contribution in [0.3, 0.4) is 0 Å². The Kier molecular flexibility index (Phi) is 4.93. The van der Waals surface area contributed by atoms with E-state index in [0.717, 1.165) is 31.4 Å². The van der Waals surface area contributed by atoms with Crippen LogP contribution in [0.1, 0.15) is 38.1 Å². The van der Waals surface area contributed by atoms with Crippen molar-refractivity contribution >= 4 is 19.0 Å². The van der Waals surface area contributed by atoms with Gasteiger partial charge in [-0.1, -0.05) is 30.9 Å². The number of halogens is 1. The summed E-state index contributed by atoms with van der Waals surface area (Å²) in [6, 6.07) is 7.38. The maximum absolute atomic E-state index is 12.9. The number of aromatic nitrogens is 2. The van der Waals surface area contributed by atoms with Gasteiger partial charge in [-0.25, -0.2) is 4.68 Å². The zero-order valence-electron chi connectivity index (χ0n) is 13.9. The van der Waals surface area contributed by atoms with Crippen molar-refractivity contribution in [3.05, 3.63) is 45.8 Å².